The van der Waals surface area contributed by atoms with E-state index in [2.05, 4.69) is 27.9 Å². The molecule has 0 radical (unpaired) electrons. The van der Waals surface area contributed by atoms with E-state index in [1.807, 2.05) is 48.0 Å². The predicted molar refractivity (Wildman–Crippen MR) is 124 cm³/mol. The van der Waals surface area contributed by atoms with Crippen molar-refractivity contribution >= 4 is 35.0 Å². The standard InChI is InChI=1S/C22H24ClN5O2S/c1-4-6-18-25-26-22-28(18)27-19(14-9-11-15(30-3)12-10-14)20(31-22)21(29)24-17-8-5-7-16(23)13(17)2/h5,7-12,19-20,27H,4,6H2,1-3H3,(H,24,29)/t19-,20-/m0/s1. The van der Waals surface area contributed by atoms with Crippen LogP contribution in [-0.2, 0) is 11.2 Å². The SMILES string of the molecule is CCCc1nnc2n1N[C@@H](c1ccc(OC)cc1)[C@@H](C(=O)Nc1cccc(Cl)c1C)S2. The zero-order valence-electron chi connectivity index (χ0n) is 17.6. The number of methoxy groups -OCH3 is 1. The zero-order valence-corrected chi connectivity index (χ0v) is 19.1. The summed E-state index contributed by atoms with van der Waals surface area (Å²) in [6.07, 6.45) is 1.75. The van der Waals surface area contributed by atoms with Gasteiger partial charge in [-0.25, -0.2) is 4.68 Å². The number of aromatic nitrogens is 3. The van der Waals surface area contributed by atoms with Crippen LogP contribution in [0.3, 0.4) is 0 Å². The monoisotopic (exact) mass is 457 g/mol. The third kappa shape index (κ3) is 4.36. The van der Waals surface area contributed by atoms with Gasteiger partial charge in [0.2, 0.25) is 11.1 Å². The molecule has 0 aliphatic carbocycles. The number of carbonyl (C=O) groups is 1. The molecule has 7 nitrogen and oxygen atoms in total. The highest BCUT2D eigenvalue weighted by molar-refractivity contribution is 8.00. The second-order valence-electron chi connectivity index (χ2n) is 7.30. The molecule has 1 aromatic heterocycles. The van der Waals surface area contributed by atoms with Gasteiger partial charge in [-0.3, -0.25) is 4.79 Å². The first-order chi connectivity index (χ1) is 15.0. The Morgan fingerprint density at radius 1 is 1.26 bits per heavy atom. The molecule has 0 unspecified atom stereocenters. The Labute approximate surface area is 190 Å². The normalized spacial score (nSPS) is 17.5. The van der Waals surface area contributed by atoms with Gasteiger partial charge in [-0.05, 0) is 48.7 Å². The summed E-state index contributed by atoms with van der Waals surface area (Å²) < 4.78 is 7.19. The molecule has 1 aliphatic rings. The van der Waals surface area contributed by atoms with E-state index in [-0.39, 0.29) is 11.9 Å². The van der Waals surface area contributed by atoms with E-state index in [1.54, 1.807) is 13.2 Å². The summed E-state index contributed by atoms with van der Waals surface area (Å²) in [4.78, 5) is 13.4. The van der Waals surface area contributed by atoms with E-state index in [0.29, 0.717) is 15.9 Å². The molecule has 2 atom stereocenters. The van der Waals surface area contributed by atoms with Gasteiger partial charge in [0.1, 0.15) is 11.0 Å². The molecule has 1 amide bonds. The van der Waals surface area contributed by atoms with Crippen molar-refractivity contribution in [1.82, 2.24) is 14.9 Å². The summed E-state index contributed by atoms with van der Waals surface area (Å²) in [6, 6.07) is 12.9. The van der Waals surface area contributed by atoms with E-state index in [0.717, 1.165) is 35.5 Å². The fraction of sp³-hybridized carbons (Fsp3) is 0.318. The molecule has 0 bridgehead atoms. The number of nitrogens with zero attached hydrogens (tertiary/aromatic N) is 3. The molecule has 0 fully saturated rings. The highest BCUT2D eigenvalue weighted by atomic mass is 35.5. The Bertz CT molecular complexity index is 1090. The minimum atomic E-state index is -0.460. The molecule has 162 valence electrons. The van der Waals surface area contributed by atoms with Crippen molar-refractivity contribution in [3.63, 3.8) is 0 Å². The molecule has 2 heterocycles. The van der Waals surface area contributed by atoms with Crippen molar-refractivity contribution in [1.29, 1.82) is 0 Å². The Balaban J connectivity index is 1.68. The maximum atomic E-state index is 13.4. The second kappa shape index (κ2) is 9.20. The lowest BCUT2D eigenvalue weighted by molar-refractivity contribution is -0.116. The number of anilines is 1. The number of ether oxygens (including phenoxy) is 1. The Morgan fingerprint density at radius 2 is 2.03 bits per heavy atom. The van der Waals surface area contributed by atoms with Crippen LogP contribution >= 0.6 is 23.4 Å². The van der Waals surface area contributed by atoms with Crippen LogP contribution < -0.4 is 15.5 Å². The van der Waals surface area contributed by atoms with Gasteiger partial charge in [0.25, 0.3) is 0 Å². The van der Waals surface area contributed by atoms with Crippen molar-refractivity contribution in [2.45, 2.75) is 43.1 Å². The van der Waals surface area contributed by atoms with E-state index in [4.69, 9.17) is 16.3 Å². The number of aryl methyl sites for hydroxylation is 1. The van der Waals surface area contributed by atoms with Gasteiger partial charge < -0.3 is 15.5 Å². The number of fused-ring (bicyclic) bond motifs is 1. The highest BCUT2D eigenvalue weighted by Gasteiger charge is 2.38. The number of hydrogen-bond acceptors (Lipinski definition) is 6. The van der Waals surface area contributed by atoms with Gasteiger partial charge in [-0.15, -0.1) is 10.2 Å². The fourth-order valence-corrected chi connectivity index (χ4v) is 4.77. The van der Waals surface area contributed by atoms with E-state index < -0.39 is 5.25 Å². The third-order valence-corrected chi connectivity index (χ3v) is 6.86. The Morgan fingerprint density at radius 3 is 2.74 bits per heavy atom. The van der Waals surface area contributed by atoms with Crippen LogP contribution in [0.4, 0.5) is 5.69 Å². The lowest BCUT2D eigenvalue weighted by Gasteiger charge is -2.33. The largest absolute Gasteiger partial charge is 0.497 e. The van der Waals surface area contributed by atoms with Crippen LogP contribution in [0.15, 0.2) is 47.6 Å². The lowest BCUT2D eigenvalue weighted by Crippen LogP contribution is -2.41. The molecule has 0 saturated heterocycles. The molecule has 9 heteroatoms. The number of thioether (sulfide) groups is 1. The van der Waals surface area contributed by atoms with E-state index in [1.165, 1.54) is 11.8 Å². The molecule has 0 saturated carbocycles. The highest BCUT2D eigenvalue weighted by Crippen LogP contribution is 2.38. The quantitative estimate of drug-likeness (QED) is 0.563. The fourth-order valence-electron chi connectivity index (χ4n) is 3.49. The first-order valence-electron chi connectivity index (χ1n) is 10.1. The number of benzene rings is 2. The van der Waals surface area contributed by atoms with Gasteiger partial charge in [0.15, 0.2) is 5.82 Å². The number of carbonyl (C=O) groups excluding carboxylic acids is 1. The summed E-state index contributed by atoms with van der Waals surface area (Å²) >= 11 is 7.64. The van der Waals surface area contributed by atoms with Crippen LogP contribution in [0, 0.1) is 6.92 Å². The second-order valence-corrected chi connectivity index (χ2v) is 8.82. The van der Waals surface area contributed by atoms with Gasteiger partial charge in [-0.2, -0.15) is 0 Å². The van der Waals surface area contributed by atoms with E-state index in [9.17, 15) is 4.79 Å². The number of rotatable bonds is 6. The first kappa shape index (κ1) is 21.5. The van der Waals surface area contributed by atoms with Gasteiger partial charge in [0, 0.05) is 17.1 Å². The van der Waals surface area contributed by atoms with E-state index >= 15 is 0 Å². The Hall–Kier alpha value is -2.71. The topological polar surface area (TPSA) is 81.1 Å². The van der Waals surface area contributed by atoms with Crippen LogP contribution in [0.1, 0.15) is 36.3 Å². The summed E-state index contributed by atoms with van der Waals surface area (Å²) in [7, 11) is 1.63. The number of halogens is 1. The van der Waals surface area contributed by atoms with Crippen LogP contribution in [0.2, 0.25) is 5.02 Å². The van der Waals surface area contributed by atoms with Crippen molar-refractivity contribution in [3.05, 3.63) is 64.4 Å². The lowest BCUT2D eigenvalue weighted by atomic mass is 10.0. The van der Waals surface area contributed by atoms with Gasteiger partial charge >= 0.3 is 0 Å². The minimum absolute atomic E-state index is 0.130. The van der Waals surface area contributed by atoms with Crippen LogP contribution in [-0.4, -0.2) is 33.1 Å². The summed E-state index contributed by atoms with van der Waals surface area (Å²) in [5.41, 5.74) is 5.97. The Kier molecular flexibility index (Phi) is 6.38. The molecule has 31 heavy (non-hydrogen) atoms. The maximum absolute atomic E-state index is 13.4. The van der Waals surface area contributed by atoms with Crippen LogP contribution in [0.25, 0.3) is 0 Å². The number of nitrogens with one attached hydrogen (secondary N) is 2. The molecule has 0 spiro atoms. The minimum Gasteiger partial charge on any atom is -0.497 e. The summed E-state index contributed by atoms with van der Waals surface area (Å²) in [5.74, 6) is 1.49. The predicted octanol–water partition coefficient (Wildman–Crippen LogP) is 4.60. The maximum Gasteiger partial charge on any atom is 0.240 e. The number of amides is 1. The average Bonchev–Trinajstić information content (AvgIpc) is 3.18. The van der Waals surface area contributed by atoms with Gasteiger partial charge in [-0.1, -0.05) is 48.5 Å². The van der Waals surface area contributed by atoms with Crippen molar-refractivity contribution in [2.75, 3.05) is 17.9 Å². The molecule has 3 aromatic rings. The third-order valence-electron chi connectivity index (χ3n) is 5.24. The van der Waals surface area contributed by atoms with Crippen molar-refractivity contribution in [2.24, 2.45) is 0 Å². The van der Waals surface area contributed by atoms with Gasteiger partial charge in [0.05, 0.1) is 13.2 Å². The molecule has 2 aromatic carbocycles. The first-order valence-corrected chi connectivity index (χ1v) is 11.3. The molecular weight excluding hydrogens is 434 g/mol. The van der Waals surface area contributed by atoms with Crippen molar-refractivity contribution < 1.29 is 9.53 Å². The number of hydrogen-bond donors (Lipinski definition) is 2. The van der Waals surface area contributed by atoms with Crippen molar-refractivity contribution in [3.8, 4) is 5.75 Å². The summed E-state index contributed by atoms with van der Waals surface area (Å²) in [6.45, 7) is 3.99. The summed E-state index contributed by atoms with van der Waals surface area (Å²) in [5, 5.41) is 12.5. The zero-order chi connectivity index (χ0) is 22.0. The molecule has 2 N–H and O–H groups in total. The van der Waals surface area contributed by atoms with Crippen LogP contribution in [0.5, 0.6) is 5.75 Å². The smallest absolute Gasteiger partial charge is 0.240 e. The average molecular weight is 458 g/mol. The molecular formula is C22H24ClN5O2S. The molecule has 4 rings (SSSR count). The molecule has 1 aliphatic heterocycles.